The molecule has 1 fully saturated rings. The van der Waals surface area contributed by atoms with Crippen molar-refractivity contribution in [1.29, 1.82) is 0 Å². The third-order valence-electron chi connectivity index (χ3n) is 3.68. The molecule has 1 N–H and O–H groups in total. The van der Waals surface area contributed by atoms with Crippen LogP contribution in [0.25, 0.3) is 0 Å². The molecule has 0 aromatic carbocycles. The van der Waals surface area contributed by atoms with Gasteiger partial charge in [-0.25, -0.2) is 0 Å². The van der Waals surface area contributed by atoms with Gasteiger partial charge in [0.1, 0.15) is 0 Å². The number of hydrogen-bond acceptors (Lipinski definition) is 5. The second kappa shape index (κ2) is 7.60. The maximum Gasteiger partial charge on any atom is 0.226 e. The highest BCUT2D eigenvalue weighted by molar-refractivity contribution is 4.87. The Bertz CT molecular complexity index is 360. The molecule has 0 radical (unpaired) electrons. The van der Waals surface area contributed by atoms with Crippen molar-refractivity contribution in [3.63, 3.8) is 0 Å². The lowest BCUT2D eigenvalue weighted by molar-refractivity contribution is 0.219. The van der Waals surface area contributed by atoms with Crippen molar-refractivity contribution in [2.75, 3.05) is 19.6 Å². The van der Waals surface area contributed by atoms with Crippen molar-refractivity contribution >= 4 is 0 Å². The molecule has 2 rings (SSSR count). The summed E-state index contributed by atoms with van der Waals surface area (Å²) in [4.78, 5) is 6.83. The molecule has 2 heterocycles. The molecule has 0 saturated carbocycles. The summed E-state index contributed by atoms with van der Waals surface area (Å²) < 4.78 is 5.24. The van der Waals surface area contributed by atoms with Crippen molar-refractivity contribution < 1.29 is 4.52 Å². The lowest BCUT2D eigenvalue weighted by Gasteiger charge is -2.29. The average Bonchev–Trinajstić information content (AvgIpc) is 2.87. The molecule has 1 aliphatic rings. The molecule has 5 heteroatoms. The zero-order valence-corrected chi connectivity index (χ0v) is 12.2. The van der Waals surface area contributed by atoms with Gasteiger partial charge in [-0.3, -0.25) is 4.90 Å². The Morgan fingerprint density at radius 2 is 2.26 bits per heavy atom. The fraction of sp³-hybridized carbons (Fsp3) is 0.857. The normalized spacial score (nSPS) is 20.1. The van der Waals surface area contributed by atoms with Gasteiger partial charge in [0, 0.05) is 19.0 Å². The second-order valence-electron chi connectivity index (χ2n) is 5.33. The number of likely N-dealkylation sites (N-methyl/N-ethyl adjacent to an activating group) is 1. The van der Waals surface area contributed by atoms with E-state index in [0.717, 1.165) is 50.7 Å². The first-order valence-electron chi connectivity index (χ1n) is 7.59. The topological polar surface area (TPSA) is 54.2 Å². The van der Waals surface area contributed by atoms with E-state index >= 15 is 0 Å². The lowest BCUT2D eigenvalue weighted by Crippen LogP contribution is -2.43. The number of rotatable bonds is 7. The molecule has 0 bridgehead atoms. The summed E-state index contributed by atoms with van der Waals surface area (Å²) >= 11 is 0. The number of aryl methyl sites for hydroxylation is 1. The summed E-state index contributed by atoms with van der Waals surface area (Å²) in [6, 6.07) is 0.621. The van der Waals surface area contributed by atoms with Gasteiger partial charge in [-0.2, -0.15) is 4.98 Å². The van der Waals surface area contributed by atoms with Crippen molar-refractivity contribution in [1.82, 2.24) is 20.4 Å². The highest BCUT2D eigenvalue weighted by atomic mass is 16.5. The van der Waals surface area contributed by atoms with Gasteiger partial charge in [-0.05, 0) is 32.4 Å². The average molecular weight is 266 g/mol. The Kier molecular flexibility index (Phi) is 5.79. The highest BCUT2D eigenvalue weighted by Gasteiger charge is 2.17. The van der Waals surface area contributed by atoms with Crippen LogP contribution in [0.5, 0.6) is 0 Å². The Hall–Kier alpha value is -0.940. The van der Waals surface area contributed by atoms with E-state index in [1.165, 1.54) is 19.3 Å². The van der Waals surface area contributed by atoms with Gasteiger partial charge in [0.2, 0.25) is 5.89 Å². The Morgan fingerprint density at radius 1 is 1.37 bits per heavy atom. The van der Waals surface area contributed by atoms with Crippen molar-refractivity contribution in [2.24, 2.45) is 0 Å². The Labute approximate surface area is 115 Å². The van der Waals surface area contributed by atoms with Crippen LogP contribution in [-0.4, -0.2) is 40.7 Å². The first kappa shape index (κ1) is 14.5. The predicted molar refractivity (Wildman–Crippen MR) is 74.9 cm³/mol. The van der Waals surface area contributed by atoms with Gasteiger partial charge in [0.25, 0.3) is 0 Å². The number of hydrogen-bond donors (Lipinski definition) is 1. The molecule has 108 valence electrons. The van der Waals surface area contributed by atoms with Crippen LogP contribution in [0.15, 0.2) is 4.52 Å². The summed E-state index contributed by atoms with van der Waals surface area (Å²) in [5.74, 6) is 1.59. The van der Waals surface area contributed by atoms with Gasteiger partial charge in [-0.15, -0.1) is 0 Å². The molecular weight excluding hydrogens is 240 g/mol. The first-order valence-corrected chi connectivity index (χ1v) is 7.59. The third-order valence-corrected chi connectivity index (χ3v) is 3.68. The molecule has 19 heavy (non-hydrogen) atoms. The van der Waals surface area contributed by atoms with E-state index in [4.69, 9.17) is 4.52 Å². The van der Waals surface area contributed by atoms with Crippen LogP contribution < -0.4 is 5.32 Å². The fourth-order valence-corrected chi connectivity index (χ4v) is 2.57. The summed E-state index contributed by atoms with van der Waals surface area (Å²) in [7, 11) is 0. The van der Waals surface area contributed by atoms with Gasteiger partial charge < -0.3 is 9.84 Å². The monoisotopic (exact) mass is 266 g/mol. The van der Waals surface area contributed by atoms with E-state index in [-0.39, 0.29) is 0 Å². The number of nitrogens with one attached hydrogen (secondary N) is 1. The second-order valence-corrected chi connectivity index (χ2v) is 5.33. The van der Waals surface area contributed by atoms with Crippen LogP contribution in [0.3, 0.4) is 0 Å². The Morgan fingerprint density at radius 3 is 2.95 bits per heavy atom. The van der Waals surface area contributed by atoms with E-state index in [1.807, 2.05) is 0 Å². The third kappa shape index (κ3) is 4.58. The minimum atomic E-state index is 0.621. The van der Waals surface area contributed by atoms with E-state index in [9.17, 15) is 0 Å². The van der Waals surface area contributed by atoms with Crippen LogP contribution in [0.2, 0.25) is 0 Å². The van der Waals surface area contributed by atoms with Gasteiger partial charge >= 0.3 is 0 Å². The van der Waals surface area contributed by atoms with Gasteiger partial charge in [0.05, 0.1) is 6.54 Å². The van der Waals surface area contributed by atoms with E-state index < -0.39 is 0 Å². The highest BCUT2D eigenvalue weighted by Crippen LogP contribution is 2.10. The molecule has 0 aliphatic carbocycles. The molecule has 1 atom stereocenters. The number of piperidine rings is 1. The van der Waals surface area contributed by atoms with Gasteiger partial charge in [0.15, 0.2) is 5.82 Å². The summed E-state index contributed by atoms with van der Waals surface area (Å²) in [5.41, 5.74) is 0. The quantitative estimate of drug-likeness (QED) is 0.818. The molecule has 1 aliphatic heterocycles. The lowest BCUT2D eigenvalue weighted by atomic mass is 10.0. The molecule has 0 amide bonds. The van der Waals surface area contributed by atoms with Crippen LogP contribution >= 0.6 is 0 Å². The molecule has 1 saturated heterocycles. The molecule has 1 aromatic rings. The molecule has 1 unspecified atom stereocenters. The Balaban J connectivity index is 1.83. The molecule has 1 aromatic heterocycles. The van der Waals surface area contributed by atoms with Crippen molar-refractivity contribution in [3.8, 4) is 0 Å². The van der Waals surface area contributed by atoms with E-state index in [2.05, 4.69) is 34.2 Å². The molecule has 5 nitrogen and oxygen atoms in total. The number of aromatic nitrogens is 2. The zero-order valence-electron chi connectivity index (χ0n) is 12.2. The predicted octanol–water partition coefficient (Wildman–Crippen LogP) is 1.99. The van der Waals surface area contributed by atoms with Crippen LogP contribution in [-0.2, 0) is 13.0 Å². The summed E-state index contributed by atoms with van der Waals surface area (Å²) in [6.07, 6.45) is 5.87. The zero-order chi connectivity index (χ0) is 13.5. The maximum atomic E-state index is 5.24. The summed E-state index contributed by atoms with van der Waals surface area (Å²) in [5, 5.41) is 7.66. The number of nitrogens with zero attached hydrogens (tertiary/aromatic N) is 3. The molecular formula is C14H26N4O. The first-order chi connectivity index (χ1) is 9.31. The van der Waals surface area contributed by atoms with Crippen LogP contribution in [0, 0.1) is 0 Å². The maximum absolute atomic E-state index is 5.24. The van der Waals surface area contributed by atoms with Crippen LogP contribution in [0.4, 0.5) is 0 Å². The fourth-order valence-electron chi connectivity index (χ4n) is 2.57. The van der Waals surface area contributed by atoms with Crippen LogP contribution in [0.1, 0.15) is 51.2 Å². The SMILES string of the molecule is CCCc1nc(CN(CC)CC2CCCCN2)no1. The van der Waals surface area contributed by atoms with Gasteiger partial charge in [-0.1, -0.05) is 25.4 Å². The minimum absolute atomic E-state index is 0.621. The standard InChI is InChI=1S/C14H26N4O/c1-3-7-14-16-13(17-19-14)11-18(4-2)10-12-8-5-6-9-15-12/h12,15H,3-11H2,1-2H3. The van der Waals surface area contributed by atoms with E-state index in [0.29, 0.717) is 6.04 Å². The van der Waals surface area contributed by atoms with E-state index in [1.54, 1.807) is 0 Å². The van der Waals surface area contributed by atoms with Crippen molar-refractivity contribution in [3.05, 3.63) is 11.7 Å². The molecule has 0 spiro atoms. The van der Waals surface area contributed by atoms with Crippen molar-refractivity contribution in [2.45, 2.75) is 58.5 Å². The largest absolute Gasteiger partial charge is 0.339 e. The smallest absolute Gasteiger partial charge is 0.226 e. The minimum Gasteiger partial charge on any atom is -0.339 e. The summed E-state index contributed by atoms with van der Waals surface area (Å²) in [6.45, 7) is 8.36.